The summed E-state index contributed by atoms with van der Waals surface area (Å²) in [6, 6.07) is 6.62. The van der Waals surface area contributed by atoms with Gasteiger partial charge in [-0.05, 0) is 63.3 Å². The van der Waals surface area contributed by atoms with Crippen molar-refractivity contribution in [1.29, 1.82) is 0 Å². The highest BCUT2D eigenvalue weighted by Crippen LogP contribution is 2.33. The Morgan fingerprint density at radius 3 is 2.72 bits per heavy atom. The second-order valence-corrected chi connectivity index (χ2v) is 9.09. The second kappa shape index (κ2) is 8.16. The maximum atomic E-state index is 13.7. The lowest BCUT2D eigenvalue weighted by atomic mass is 9.98. The Kier molecular flexibility index (Phi) is 5.33. The Hall–Kier alpha value is -3.00. The maximum Gasteiger partial charge on any atom is 0.254 e. The molecule has 2 atom stereocenters. The monoisotopic (exact) mass is 436 g/mol. The van der Waals surface area contributed by atoms with Gasteiger partial charge >= 0.3 is 0 Å². The van der Waals surface area contributed by atoms with E-state index in [1.165, 1.54) is 6.07 Å². The minimum atomic E-state index is -0.298. The van der Waals surface area contributed by atoms with Crippen molar-refractivity contribution in [2.75, 3.05) is 24.5 Å². The fourth-order valence-corrected chi connectivity index (χ4v) is 4.91. The van der Waals surface area contributed by atoms with Gasteiger partial charge in [-0.25, -0.2) is 13.9 Å². The van der Waals surface area contributed by atoms with Crippen LogP contribution in [-0.4, -0.2) is 51.1 Å². The molecule has 3 aromatic rings. The van der Waals surface area contributed by atoms with Gasteiger partial charge in [0, 0.05) is 49.1 Å². The van der Waals surface area contributed by atoms with Crippen LogP contribution < -0.4 is 10.6 Å². The molecular weight excluding hydrogens is 407 g/mol. The van der Waals surface area contributed by atoms with E-state index in [1.807, 2.05) is 28.6 Å². The van der Waals surface area contributed by atoms with Crippen LogP contribution in [0.2, 0.25) is 0 Å². The number of likely N-dealkylation sites (tertiary alicyclic amines) is 1. The molecule has 5 rings (SSSR count). The number of aryl methyl sites for hydroxylation is 2. The van der Waals surface area contributed by atoms with Gasteiger partial charge in [0.05, 0.1) is 11.7 Å². The van der Waals surface area contributed by atoms with Crippen molar-refractivity contribution in [1.82, 2.24) is 19.5 Å². The highest BCUT2D eigenvalue weighted by molar-refractivity contribution is 5.94. The number of carbonyl (C=O) groups excluding carboxylic acids is 1. The molecule has 0 spiro atoms. The van der Waals surface area contributed by atoms with E-state index < -0.39 is 0 Å². The van der Waals surface area contributed by atoms with Gasteiger partial charge in [0.2, 0.25) is 0 Å². The van der Waals surface area contributed by atoms with Crippen LogP contribution in [0.3, 0.4) is 0 Å². The molecule has 0 bridgehead atoms. The van der Waals surface area contributed by atoms with Crippen molar-refractivity contribution in [3.05, 3.63) is 58.7 Å². The molecule has 7 nitrogen and oxygen atoms in total. The average molecular weight is 437 g/mol. The van der Waals surface area contributed by atoms with E-state index in [-0.39, 0.29) is 23.8 Å². The Morgan fingerprint density at radius 2 is 1.97 bits per heavy atom. The third-order valence-corrected chi connectivity index (χ3v) is 6.66. The van der Waals surface area contributed by atoms with E-state index in [0.29, 0.717) is 17.7 Å². The standard InChI is InChI=1S/C24H29FN6O/c1-15-11-17(6-7-19(15)25)24(32)30-9-4-3-5-21(30)20-12-22-27-23(16(2)13-31(22)28-20)29-10-8-18(26)14-29/h6-7,11-13,18,21H,3-5,8-10,14,26H2,1-2H3/t18-,21-/m0/s1. The second-order valence-electron chi connectivity index (χ2n) is 9.09. The van der Waals surface area contributed by atoms with E-state index >= 15 is 0 Å². The Labute approximate surface area is 187 Å². The normalized spacial score (nSPS) is 21.5. The summed E-state index contributed by atoms with van der Waals surface area (Å²) in [7, 11) is 0. The van der Waals surface area contributed by atoms with Crippen LogP contribution >= 0.6 is 0 Å². The first kappa shape index (κ1) is 20.9. The topological polar surface area (TPSA) is 79.8 Å². The minimum Gasteiger partial charge on any atom is -0.355 e. The van der Waals surface area contributed by atoms with Gasteiger partial charge in [0.25, 0.3) is 5.91 Å². The van der Waals surface area contributed by atoms with Crippen molar-refractivity contribution in [2.45, 2.75) is 51.6 Å². The molecule has 0 saturated carbocycles. The van der Waals surface area contributed by atoms with Crippen LogP contribution in [0, 0.1) is 19.7 Å². The van der Waals surface area contributed by atoms with Gasteiger partial charge in [-0.1, -0.05) is 0 Å². The number of rotatable bonds is 3. The number of fused-ring (bicyclic) bond motifs is 1. The fourth-order valence-electron chi connectivity index (χ4n) is 4.91. The molecule has 0 radical (unpaired) electrons. The number of carbonyl (C=O) groups is 1. The van der Waals surface area contributed by atoms with Crippen molar-refractivity contribution in [3.8, 4) is 0 Å². The van der Waals surface area contributed by atoms with Crippen LogP contribution in [0.15, 0.2) is 30.5 Å². The Balaban J connectivity index is 1.47. The molecule has 8 heteroatoms. The third kappa shape index (κ3) is 3.72. The first-order valence-electron chi connectivity index (χ1n) is 11.4. The number of benzene rings is 1. The van der Waals surface area contributed by atoms with E-state index in [0.717, 1.165) is 61.5 Å². The zero-order chi connectivity index (χ0) is 22.4. The first-order valence-corrected chi connectivity index (χ1v) is 11.4. The summed E-state index contributed by atoms with van der Waals surface area (Å²) in [5, 5.41) is 4.79. The molecule has 32 heavy (non-hydrogen) atoms. The molecule has 168 valence electrons. The lowest BCUT2D eigenvalue weighted by molar-refractivity contribution is 0.0605. The van der Waals surface area contributed by atoms with Gasteiger partial charge in [-0.3, -0.25) is 4.79 Å². The largest absolute Gasteiger partial charge is 0.355 e. The van der Waals surface area contributed by atoms with Crippen molar-refractivity contribution in [2.24, 2.45) is 5.73 Å². The highest BCUT2D eigenvalue weighted by atomic mass is 19.1. The number of aromatic nitrogens is 3. The zero-order valence-corrected chi connectivity index (χ0v) is 18.6. The molecule has 0 unspecified atom stereocenters. The highest BCUT2D eigenvalue weighted by Gasteiger charge is 2.31. The van der Waals surface area contributed by atoms with Gasteiger partial charge in [0.1, 0.15) is 11.6 Å². The number of piperidine rings is 1. The SMILES string of the molecule is Cc1cc(C(=O)N2CCCC[C@H]2c2cc3nc(N4CC[C@H](N)C4)c(C)cn3n2)ccc1F. The van der Waals surface area contributed by atoms with E-state index in [2.05, 4.69) is 4.90 Å². The molecule has 2 aliphatic heterocycles. The molecule has 2 aliphatic rings. The number of amides is 1. The Morgan fingerprint density at radius 1 is 1.12 bits per heavy atom. The number of halogens is 1. The number of hydrogen-bond donors (Lipinski definition) is 1. The van der Waals surface area contributed by atoms with Crippen LogP contribution in [-0.2, 0) is 0 Å². The molecule has 1 aromatic carbocycles. The van der Waals surface area contributed by atoms with Gasteiger partial charge in [-0.15, -0.1) is 0 Å². The molecule has 0 aliphatic carbocycles. The van der Waals surface area contributed by atoms with Crippen molar-refractivity contribution < 1.29 is 9.18 Å². The van der Waals surface area contributed by atoms with Crippen LogP contribution in [0.25, 0.3) is 5.65 Å². The summed E-state index contributed by atoms with van der Waals surface area (Å²) >= 11 is 0. The average Bonchev–Trinajstić information content (AvgIpc) is 3.40. The van der Waals surface area contributed by atoms with E-state index in [4.69, 9.17) is 15.8 Å². The van der Waals surface area contributed by atoms with Gasteiger partial charge in [-0.2, -0.15) is 5.10 Å². The van der Waals surface area contributed by atoms with Crippen LogP contribution in [0.1, 0.15) is 58.9 Å². The predicted molar refractivity (Wildman–Crippen MR) is 121 cm³/mol. The molecule has 2 fully saturated rings. The summed E-state index contributed by atoms with van der Waals surface area (Å²) in [4.78, 5) is 22.3. The molecule has 2 saturated heterocycles. The summed E-state index contributed by atoms with van der Waals surface area (Å²) in [6.07, 6.45) is 5.81. The number of anilines is 1. The number of hydrogen-bond acceptors (Lipinski definition) is 5. The molecule has 2 N–H and O–H groups in total. The molecule has 1 amide bonds. The van der Waals surface area contributed by atoms with E-state index in [9.17, 15) is 9.18 Å². The van der Waals surface area contributed by atoms with Gasteiger partial charge < -0.3 is 15.5 Å². The summed E-state index contributed by atoms with van der Waals surface area (Å²) in [5.74, 6) is 0.578. The van der Waals surface area contributed by atoms with Crippen LogP contribution in [0.5, 0.6) is 0 Å². The molecule has 4 heterocycles. The van der Waals surface area contributed by atoms with Crippen molar-refractivity contribution in [3.63, 3.8) is 0 Å². The smallest absolute Gasteiger partial charge is 0.254 e. The summed E-state index contributed by atoms with van der Waals surface area (Å²) in [6.45, 7) is 6.11. The minimum absolute atomic E-state index is 0.0780. The van der Waals surface area contributed by atoms with Gasteiger partial charge in [0.15, 0.2) is 5.65 Å². The lowest BCUT2D eigenvalue weighted by Gasteiger charge is -2.34. The Bertz CT molecular complexity index is 1170. The predicted octanol–water partition coefficient (Wildman–Crippen LogP) is 3.39. The van der Waals surface area contributed by atoms with Crippen molar-refractivity contribution >= 4 is 17.4 Å². The zero-order valence-electron chi connectivity index (χ0n) is 18.6. The number of nitrogens with zero attached hydrogens (tertiary/aromatic N) is 5. The third-order valence-electron chi connectivity index (χ3n) is 6.66. The van der Waals surface area contributed by atoms with E-state index in [1.54, 1.807) is 19.1 Å². The quantitative estimate of drug-likeness (QED) is 0.681. The summed E-state index contributed by atoms with van der Waals surface area (Å²) in [5.41, 5.74) is 9.76. The van der Waals surface area contributed by atoms with Crippen LogP contribution in [0.4, 0.5) is 10.2 Å². The number of nitrogens with two attached hydrogens (primary N) is 1. The first-order chi connectivity index (χ1) is 15.4. The molecular formula is C24H29FN6O. The molecule has 2 aromatic heterocycles. The summed E-state index contributed by atoms with van der Waals surface area (Å²) < 4.78 is 15.5. The lowest BCUT2D eigenvalue weighted by Crippen LogP contribution is -2.38. The fraction of sp³-hybridized carbons (Fsp3) is 0.458. The maximum absolute atomic E-state index is 13.7.